The predicted molar refractivity (Wildman–Crippen MR) is 73.8 cm³/mol. The largest absolute Gasteiger partial charge is 0.382 e. The second kappa shape index (κ2) is 5.55. The number of carbonyl (C=O) groups is 1. The first-order chi connectivity index (χ1) is 9.06. The van der Waals surface area contributed by atoms with E-state index in [1.807, 2.05) is 13.8 Å². The molecule has 4 N–H and O–H groups in total. The lowest BCUT2D eigenvalue weighted by Crippen LogP contribution is -2.31. The normalized spacial score (nSPS) is 10.9. The van der Waals surface area contributed by atoms with Crippen molar-refractivity contribution in [3.8, 4) is 0 Å². The number of anilines is 2. The summed E-state index contributed by atoms with van der Waals surface area (Å²) < 4.78 is 1.79. The average molecular weight is 262 g/mol. The van der Waals surface area contributed by atoms with E-state index in [0.717, 1.165) is 0 Å². The summed E-state index contributed by atoms with van der Waals surface area (Å²) in [6.45, 7) is 4.34. The van der Waals surface area contributed by atoms with Crippen molar-refractivity contribution >= 4 is 23.2 Å². The van der Waals surface area contributed by atoms with Gasteiger partial charge in [-0.25, -0.2) is 9.97 Å². The number of nitrogen functional groups attached to an aromatic ring is 1. The van der Waals surface area contributed by atoms with Gasteiger partial charge in [0.15, 0.2) is 11.5 Å². The highest BCUT2D eigenvalue weighted by molar-refractivity contribution is 5.77. The Kier molecular flexibility index (Phi) is 3.84. The maximum Gasteiger partial charge on any atom is 0.221 e. The van der Waals surface area contributed by atoms with Crippen molar-refractivity contribution < 1.29 is 4.79 Å². The molecule has 7 nitrogen and oxygen atoms in total. The highest BCUT2D eigenvalue weighted by Gasteiger charge is 2.07. The molecule has 0 saturated carbocycles. The van der Waals surface area contributed by atoms with Gasteiger partial charge in [0, 0.05) is 31.4 Å². The third-order valence-corrected chi connectivity index (χ3v) is 2.49. The van der Waals surface area contributed by atoms with E-state index < -0.39 is 0 Å². The van der Waals surface area contributed by atoms with Crippen molar-refractivity contribution in [1.82, 2.24) is 19.7 Å². The smallest absolute Gasteiger partial charge is 0.221 e. The zero-order chi connectivity index (χ0) is 13.8. The van der Waals surface area contributed by atoms with E-state index in [-0.39, 0.29) is 11.9 Å². The Hall–Kier alpha value is -2.31. The zero-order valence-electron chi connectivity index (χ0n) is 11.1. The summed E-state index contributed by atoms with van der Waals surface area (Å²) in [6, 6.07) is 0.150. The van der Waals surface area contributed by atoms with Crippen LogP contribution in [0.4, 0.5) is 11.6 Å². The highest BCUT2D eigenvalue weighted by atomic mass is 16.1. The van der Waals surface area contributed by atoms with Gasteiger partial charge in [-0.3, -0.25) is 4.79 Å². The van der Waals surface area contributed by atoms with Gasteiger partial charge in [0.05, 0.1) is 6.20 Å². The third kappa shape index (κ3) is 3.34. The van der Waals surface area contributed by atoms with Crippen LogP contribution in [0.3, 0.4) is 0 Å². The number of rotatable bonds is 5. The van der Waals surface area contributed by atoms with Gasteiger partial charge in [-0.05, 0) is 13.8 Å². The number of carbonyl (C=O) groups excluding carboxylic acids is 1. The highest BCUT2D eigenvalue weighted by Crippen LogP contribution is 2.14. The molecule has 2 aromatic rings. The molecular formula is C12H18N6O. The topological polar surface area (TPSA) is 97.3 Å². The van der Waals surface area contributed by atoms with Crippen LogP contribution in [0.15, 0.2) is 18.6 Å². The molecule has 0 aliphatic rings. The van der Waals surface area contributed by atoms with Crippen LogP contribution >= 0.6 is 0 Å². The zero-order valence-corrected chi connectivity index (χ0v) is 11.1. The molecule has 2 heterocycles. The molecule has 0 fully saturated rings. The predicted octanol–water partition coefficient (Wildman–Crippen LogP) is 0.638. The fraction of sp³-hybridized carbons (Fsp3) is 0.417. The van der Waals surface area contributed by atoms with Crippen LogP contribution in [0.1, 0.15) is 20.3 Å². The quantitative estimate of drug-likeness (QED) is 0.734. The summed E-state index contributed by atoms with van der Waals surface area (Å²) in [5.41, 5.74) is 6.40. The molecule has 2 aromatic heterocycles. The van der Waals surface area contributed by atoms with Crippen LogP contribution < -0.4 is 16.4 Å². The van der Waals surface area contributed by atoms with E-state index in [2.05, 4.69) is 20.6 Å². The van der Waals surface area contributed by atoms with Crippen LogP contribution in [-0.2, 0) is 4.79 Å². The molecule has 0 atom stereocenters. The van der Waals surface area contributed by atoms with Crippen LogP contribution in [0.2, 0.25) is 0 Å². The molecular weight excluding hydrogens is 244 g/mol. The molecule has 7 heteroatoms. The van der Waals surface area contributed by atoms with Gasteiger partial charge in [-0.1, -0.05) is 0 Å². The molecule has 0 saturated heterocycles. The first-order valence-corrected chi connectivity index (χ1v) is 6.18. The molecule has 0 aliphatic heterocycles. The summed E-state index contributed by atoms with van der Waals surface area (Å²) >= 11 is 0. The lowest BCUT2D eigenvalue weighted by Gasteiger charge is -2.10. The van der Waals surface area contributed by atoms with Crippen LogP contribution in [0.5, 0.6) is 0 Å². The van der Waals surface area contributed by atoms with Gasteiger partial charge in [0.25, 0.3) is 0 Å². The van der Waals surface area contributed by atoms with E-state index in [4.69, 9.17) is 5.73 Å². The Morgan fingerprint density at radius 1 is 1.53 bits per heavy atom. The van der Waals surface area contributed by atoms with Crippen molar-refractivity contribution in [2.75, 3.05) is 17.6 Å². The Labute approximate surface area is 111 Å². The second-order valence-corrected chi connectivity index (χ2v) is 4.57. The van der Waals surface area contributed by atoms with Crippen LogP contribution in [0, 0.1) is 0 Å². The number of hydrogen-bond donors (Lipinski definition) is 3. The van der Waals surface area contributed by atoms with Crippen molar-refractivity contribution in [3.05, 3.63) is 18.6 Å². The number of nitrogens with zero attached hydrogens (tertiary/aromatic N) is 3. The second-order valence-electron chi connectivity index (χ2n) is 4.57. The van der Waals surface area contributed by atoms with E-state index in [0.29, 0.717) is 30.2 Å². The van der Waals surface area contributed by atoms with Gasteiger partial charge in [0.1, 0.15) is 5.82 Å². The van der Waals surface area contributed by atoms with Gasteiger partial charge < -0.3 is 20.8 Å². The minimum atomic E-state index is 0.00534. The lowest BCUT2D eigenvalue weighted by molar-refractivity contribution is -0.121. The Bertz CT molecular complexity index is 577. The number of imidazole rings is 1. The third-order valence-electron chi connectivity index (χ3n) is 2.49. The Morgan fingerprint density at radius 3 is 3.05 bits per heavy atom. The summed E-state index contributed by atoms with van der Waals surface area (Å²) in [7, 11) is 0. The first kappa shape index (κ1) is 13.1. The summed E-state index contributed by atoms with van der Waals surface area (Å²) in [5, 5.41) is 5.91. The number of fused-ring (bicyclic) bond motifs is 1. The van der Waals surface area contributed by atoms with Crippen LogP contribution in [0.25, 0.3) is 5.65 Å². The van der Waals surface area contributed by atoms with Gasteiger partial charge in [-0.2, -0.15) is 0 Å². The molecule has 19 heavy (non-hydrogen) atoms. The number of nitrogens with two attached hydrogens (primary N) is 1. The molecule has 0 bridgehead atoms. The SMILES string of the molecule is CC(C)NC(=O)CCNc1nc(N)cn2ccnc12. The average Bonchev–Trinajstić information content (AvgIpc) is 2.75. The Balaban J connectivity index is 1.98. The fourth-order valence-corrected chi connectivity index (χ4v) is 1.76. The molecule has 0 spiro atoms. The molecule has 1 amide bonds. The van der Waals surface area contributed by atoms with E-state index in [1.165, 1.54) is 0 Å². The lowest BCUT2D eigenvalue weighted by atomic mass is 10.3. The molecule has 102 valence electrons. The van der Waals surface area contributed by atoms with Crippen LogP contribution in [-0.4, -0.2) is 32.9 Å². The molecule has 0 aliphatic carbocycles. The fourth-order valence-electron chi connectivity index (χ4n) is 1.76. The summed E-state index contributed by atoms with van der Waals surface area (Å²) in [4.78, 5) is 19.9. The Morgan fingerprint density at radius 2 is 2.32 bits per heavy atom. The molecule has 0 unspecified atom stereocenters. The summed E-state index contributed by atoms with van der Waals surface area (Å²) in [6.07, 6.45) is 5.54. The maximum absolute atomic E-state index is 11.5. The number of amides is 1. The monoisotopic (exact) mass is 262 g/mol. The van der Waals surface area contributed by atoms with Crippen molar-refractivity contribution in [3.63, 3.8) is 0 Å². The number of hydrogen-bond acceptors (Lipinski definition) is 5. The van der Waals surface area contributed by atoms with E-state index in [9.17, 15) is 4.79 Å². The van der Waals surface area contributed by atoms with Gasteiger partial charge in [-0.15, -0.1) is 0 Å². The number of aromatic nitrogens is 3. The standard InChI is InChI=1S/C12H18N6O/c1-8(2)16-10(19)3-4-14-11-12-15-5-6-18(12)7-9(13)17-11/h5-8H,3-4,13H2,1-2H3,(H,14,17)(H,16,19). The summed E-state index contributed by atoms with van der Waals surface area (Å²) in [5.74, 6) is 0.993. The van der Waals surface area contributed by atoms with Crippen molar-refractivity contribution in [2.45, 2.75) is 26.3 Å². The minimum Gasteiger partial charge on any atom is -0.382 e. The van der Waals surface area contributed by atoms with E-state index >= 15 is 0 Å². The first-order valence-electron chi connectivity index (χ1n) is 6.18. The van der Waals surface area contributed by atoms with Gasteiger partial charge in [0.2, 0.25) is 5.91 Å². The van der Waals surface area contributed by atoms with E-state index in [1.54, 1.807) is 23.0 Å². The molecule has 0 radical (unpaired) electrons. The van der Waals surface area contributed by atoms with Gasteiger partial charge >= 0.3 is 0 Å². The minimum absolute atomic E-state index is 0.00534. The van der Waals surface area contributed by atoms with Crippen molar-refractivity contribution in [1.29, 1.82) is 0 Å². The number of nitrogens with one attached hydrogen (secondary N) is 2. The maximum atomic E-state index is 11.5. The molecule has 0 aromatic carbocycles. The molecule has 2 rings (SSSR count). The van der Waals surface area contributed by atoms with Crippen molar-refractivity contribution in [2.24, 2.45) is 0 Å².